The molecule has 0 bridgehead atoms. The first-order valence-electron chi connectivity index (χ1n) is 6.70. The highest BCUT2D eigenvalue weighted by Crippen LogP contribution is 2.31. The predicted molar refractivity (Wildman–Crippen MR) is 86.4 cm³/mol. The second-order valence-electron chi connectivity index (χ2n) is 4.91. The Balaban J connectivity index is 2.19. The van der Waals surface area contributed by atoms with Gasteiger partial charge in [0.2, 0.25) is 0 Å². The molecule has 0 fully saturated rings. The first kappa shape index (κ1) is 14.9. The van der Waals surface area contributed by atoms with E-state index in [1.54, 1.807) is 7.11 Å². The second-order valence-corrected chi connectivity index (χ2v) is 5.93. The third kappa shape index (κ3) is 3.56. The average Bonchev–Trinajstić information content (AvgIpc) is 2.47. The van der Waals surface area contributed by atoms with Gasteiger partial charge in [-0.2, -0.15) is 0 Å². The molecule has 0 saturated carbocycles. The second kappa shape index (κ2) is 6.82. The van der Waals surface area contributed by atoms with Crippen molar-refractivity contribution >= 4 is 11.8 Å². The lowest BCUT2D eigenvalue weighted by molar-refractivity contribution is 0.411. The lowest BCUT2D eigenvalue weighted by atomic mass is 10.1. The van der Waals surface area contributed by atoms with Gasteiger partial charge in [-0.1, -0.05) is 23.8 Å². The van der Waals surface area contributed by atoms with Gasteiger partial charge in [0.05, 0.1) is 7.11 Å². The minimum Gasteiger partial charge on any atom is -0.496 e. The van der Waals surface area contributed by atoms with Crippen molar-refractivity contribution in [1.82, 2.24) is 0 Å². The van der Waals surface area contributed by atoms with Crippen LogP contribution in [0.3, 0.4) is 0 Å². The fourth-order valence-corrected chi connectivity index (χ4v) is 3.19. The van der Waals surface area contributed by atoms with Crippen molar-refractivity contribution in [2.24, 2.45) is 5.73 Å². The molecule has 0 aromatic heterocycles. The van der Waals surface area contributed by atoms with Crippen molar-refractivity contribution in [2.45, 2.75) is 31.0 Å². The van der Waals surface area contributed by atoms with E-state index in [1.807, 2.05) is 23.9 Å². The smallest absolute Gasteiger partial charge is 0.122 e. The molecule has 0 heterocycles. The molecule has 2 aromatic carbocycles. The van der Waals surface area contributed by atoms with Crippen LogP contribution in [0.15, 0.2) is 41.3 Å². The SMILES string of the molecule is COc1ccc(CN)cc1CSc1cc(C)ccc1C. The molecule has 0 amide bonds. The molecule has 0 radical (unpaired) electrons. The summed E-state index contributed by atoms with van der Waals surface area (Å²) in [4.78, 5) is 1.32. The molecule has 0 saturated heterocycles. The van der Waals surface area contributed by atoms with Crippen LogP contribution in [-0.4, -0.2) is 7.11 Å². The normalized spacial score (nSPS) is 10.6. The van der Waals surface area contributed by atoms with Crippen LogP contribution >= 0.6 is 11.8 Å². The number of hydrogen-bond donors (Lipinski definition) is 1. The van der Waals surface area contributed by atoms with Gasteiger partial charge in [0.15, 0.2) is 0 Å². The van der Waals surface area contributed by atoms with Crippen molar-refractivity contribution in [3.05, 3.63) is 58.7 Å². The summed E-state index contributed by atoms with van der Waals surface area (Å²) >= 11 is 1.84. The van der Waals surface area contributed by atoms with Crippen molar-refractivity contribution in [1.29, 1.82) is 0 Å². The van der Waals surface area contributed by atoms with Gasteiger partial charge in [0.1, 0.15) is 5.75 Å². The monoisotopic (exact) mass is 287 g/mol. The topological polar surface area (TPSA) is 35.2 Å². The molecule has 2 nitrogen and oxygen atoms in total. The number of benzene rings is 2. The van der Waals surface area contributed by atoms with Gasteiger partial charge in [-0.25, -0.2) is 0 Å². The van der Waals surface area contributed by atoms with E-state index in [0.29, 0.717) is 6.54 Å². The molecule has 0 spiro atoms. The Morgan fingerprint density at radius 2 is 1.90 bits per heavy atom. The maximum atomic E-state index is 5.71. The largest absolute Gasteiger partial charge is 0.496 e. The third-order valence-electron chi connectivity index (χ3n) is 3.31. The Hall–Kier alpha value is -1.45. The first-order valence-corrected chi connectivity index (χ1v) is 7.68. The van der Waals surface area contributed by atoms with Crippen LogP contribution in [0.25, 0.3) is 0 Å². The first-order chi connectivity index (χ1) is 9.63. The van der Waals surface area contributed by atoms with Crippen LogP contribution in [0, 0.1) is 13.8 Å². The van der Waals surface area contributed by atoms with Gasteiger partial charge in [-0.3, -0.25) is 0 Å². The standard InChI is InChI=1S/C17H21NOS/c1-12-4-5-13(2)17(8-12)20-11-15-9-14(10-18)6-7-16(15)19-3/h4-9H,10-11,18H2,1-3H3. The zero-order valence-electron chi connectivity index (χ0n) is 12.3. The fraction of sp³-hybridized carbons (Fsp3) is 0.294. The van der Waals surface area contributed by atoms with Gasteiger partial charge in [-0.15, -0.1) is 11.8 Å². The summed E-state index contributed by atoms with van der Waals surface area (Å²) in [5, 5.41) is 0. The summed E-state index contributed by atoms with van der Waals surface area (Å²) in [7, 11) is 1.71. The summed E-state index contributed by atoms with van der Waals surface area (Å²) in [6.45, 7) is 4.83. The number of nitrogens with two attached hydrogens (primary N) is 1. The molecule has 20 heavy (non-hydrogen) atoms. The molecular weight excluding hydrogens is 266 g/mol. The summed E-state index contributed by atoms with van der Waals surface area (Å²) in [6, 6.07) is 12.7. The summed E-state index contributed by atoms with van der Waals surface area (Å²) < 4.78 is 5.43. The van der Waals surface area contributed by atoms with Crippen LogP contribution in [0.4, 0.5) is 0 Å². The molecule has 3 heteroatoms. The van der Waals surface area contributed by atoms with Crippen LogP contribution in [0.2, 0.25) is 0 Å². The zero-order chi connectivity index (χ0) is 14.5. The highest BCUT2D eigenvalue weighted by Gasteiger charge is 2.06. The minimum absolute atomic E-state index is 0.561. The Morgan fingerprint density at radius 3 is 2.60 bits per heavy atom. The lowest BCUT2D eigenvalue weighted by Crippen LogP contribution is -1.99. The summed E-state index contributed by atoms with van der Waals surface area (Å²) in [5.41, 5.74) is 10.7. The molecule has 0 atom stereocenters. The summed E-state index contributed by atoms with van der Waals surface area (Å²) in [5.74, 6) is 1.82. The molecule has 0 unspecified atom stereocenters. The van der Waals surface area contributed by atoms with E-state index in [0.717, 1.165) is 17.1 Å². The number of aryl methyl sites for hydroxylation is 2. The number of rotatable bonds is 5. The van der Waals surface area contributed by atoms with E-state index in [4.69, 9.17) is 10.5 Å². The molecule has 0 aliphatic heterocycles. The van der Waals surface area contributed by atoms with Gasteiger partial charge in [-0.05, 0) is 43.2 Å². The Bertz CT molecular complexity index is 596. The third-order valence-corrected chi connectivity index (χ3v) is 4.51. The van der Waals surface area contributed by atoms with E-state index in [1.165, 1.54) is 21.6 Å². The molecule has 2 aromatic rings. The number of methoxy groups -OCH3 is 1. The van der Waals surface area contributed by atoms with E-state index in [-0.39, 0.29) is 0 Å². The van der Waals surface area contributed by atoms with Crippen LogP contribution < -0.4 is 10.5 Å². The summed E-state index contributed by atoms with van der Waals surface area (Å²) in [6.07, 6.45) is 0. The molecule has 0 aliphatic carbocycles. The maximum Gasteiger partial charge on any atom is 0.122 e. The van der Waals surface area contributed by atoms with Gasteiger partial charge in [0, 0.05) is 22.8 Å². The molecule has 2 rings (SSSR count). The van der Waals surface area contributed by atoms with E-state index in [2.05, 4.69) is 38.1 Å². The van der Waals surface area contributed by atoms with Crippen molar-refractivity contribution in [3.8, 4) is 5.75 Å². The maximum absolute atomic E-state index is 5.71. The zero-order valence-corrected chi connectivity index (χ0v) is 13.1. The average molecular weight is 287 g/mol. The van der Waals surface area contributed by atoms with Crippen LogP contribution in [0.1, 0.15) is 22.3 Å². The van der Waals surface area contributed by atoms with Crippen LogP contribution in [0.5, 0.6) is 5.75 Å². The molecular formula is C17H21NOS. The van der Waals surface area contributed by atoms with E-state index in [9.17, 15) is 0 Å². The highest BCUT2D eigenvalue weighted by molar-refractivity contribution is 7.98. The molecule has 2 N–H and O–H groups in total. The Labute approximate surface area is 125 Å². The number of hydrogen-bond acceptors (Lipinski definition) is 3. The minimum atomic E-state index is 0.561. The van der Waals surface area contributed by atoms with Crippen LogP contribution in [-0.2, 0) is 12.3 Å². The lowest BCUT2D eigenvalue weighted by Gasteiger charge is -2.11. The molecule has 106 valence electrons. The van der Waals surface area contributed by atoms with Crippen molar-refractivity contribution < 1.29 is 4.74 Å². The Kier molecular flexibility index (Phi) is 5.10. The Morgan fingerprint density at radius 1 is 1.10 bits per heavy atom. The molecule has 0 aliphatic rings. The predicted octanol–water partition coefficient (Wildman–Crippen LogP) is 4.06. The van der Waals surface area contributed by atoms with Gasteiger partial charge >= 0.3 is 0 Å². The quantitative estimate of drug-likeness (QED) is 0.842. The van der Waals surface area contributed by atoms with Gasteiger partial charge in [0.25, 0.3) is 0 Å². The van der Waals surface area contributed by atoms with E-state index < -0.39 is 0 Å². The fourth-order valence-electron chi connectivity index (χ4n) is 2.09. The van der Waals surface area contributed by atoms with Crippen molar-refractivity contribution in [3.63, 3.8) is 0 Å². The number of ether oxygens (including phenoxy) is 1. The highest BCUT2D eigenvalue weighted by atomic mass is 32.2. The van der Waals surface area contributed by atoms with Gasteiger partial charge < -0.3 is 10.5 Å². The number of thioether (sulfide) groups is 1. The van der Waals surface area contributed by atoms with Crippen molar-refractivity contribution in [2.75, 3.05) is 7.11 Å². The van der Waals surface area contributed by atoms with E-state index >= 15 is 0 Å².